The molecule has 2 aromatic carbocycles. The Labute approximate surface area is 216 Å². The zero-order valence-corrected chi connectivity index (χ0v) is 21.3. The van der Waals surface area contributed by atoms with E-state index in [0.717, 1.165) is 39.6 Å². The first kappa shape index (κ1) is 24.4. The Bertz CT molecular complexity index is 1410. The highest BCUT2D eigenvalue weighted by atomic mass is 16.5. The number of esters is 1. The third kappa shape index (κ3) is 4.62. The Morgan fingerprint density at radius 3 is 2.49 bits per heavy atom. The van der Waals surface area contributed by atoms with E-state index in [2.05, 4.69) is 41.1 Å². The normalized spacial score (nSPS) is 14.5. The number of fused-ring (bicyclic) bond motifs is 3. The predicted molar refractivity (Wildman–Crippen MR) is 141 cm³/mol. The van der Waals surface area contributed by atoms with Gasteiger partial charge in [-0.05, 0) is 50.1 Å². The molecule has 1 N–H and O–H groups in total. The van der Waals surface area contributed by atoms with Crippen LogP contribution in [0.3, 0.4) is 0 Å². The predicted octanol–water partition coefficient (Wildman–Crippen LogP) is 4.71. The summed E-state index contributed by atoms with van der Waals surface area (Å²) in [6, 6.07) is 21.6. The molecule has 2 aromatic heterocycles. The van der Waals surface area contributed by atoms with Crippen LogP contribution in [-0.2, 0) is 22.5 Å². The van der Waals surface area contributed by atoms with Crippen LogP contribution in [0.1, 0.15) is 48.0 Å². The van der Waals surface area contributed by atoms with Crippen LogP contribution in [-0.4, -0.2) is 44.4 Å². The first-order valence-electron chi connectivity index (χ1n) is 12.6. The summed E-state index contributed by atoms with van der Waals surface area (Å²) in [4.78, 5) is 27.5. The largest absolute Gasteiger partial charge is 0.465 e. The van der Waals surface area contributed by atoms with Crippen molar-refractivity contribution in [2.75, 3.05) is 13.2 Å². The molecule has 2 amide bonds. The summed E-state index contributed by atoms with van der Waals surface area (Å²) in [5, 5.41) is 7.75. The van der Waals surface area contributed by atoms with Gasteiger partial charge in [0, 0.05) is 11.8 Å². The standard InChI is InChI=1S/C29H31N5O3/c1-4-24-23-19-33(29(36)30-18-26(35)37-5-2)27(21-15-13-20(3)14-16-21)25-12-9-17-32(25)28(23)34(31-24)22-10-7-6-8-11-22/h6-17,27H,4-5,18-19H2,1-3H3,(H,30,36)/t27-/m1/s1. The second-order valence-electron chi connectivity index (χ2n) is 9.06. The van der Waals surface area contributed by atoms with Gasteiger partial charge in [-0.25, -0.2) is 9.48 Å². The molecule has 37 heavy (non-hydrogen) atoms. The number of rotatable bonds is 6. The zero-order chi connectivity index (χ0) is 25.9. The maximum absolute atomic E-state index is 13.7. The van der Waals surface area contributed by atoms with Gasteiger partial charge in [-0.1, -0.05) is 55.0 Å². The molecule has 8 nitrogen and oxygen atoms in total. The molecule has 8 heteroatoms. The van der Waals surface area contributed by atoms with Crippen LogP contribution in [0.4, 0.5) is 4.79 Å². The third-order valence-corrected chi connectivity index (χ3v) is 6.65. The van der Waals surface area contributed by atoms with Crippen LogP contribution in [0.25, 0.3) is 11.5 Å². The molecule has 190 valence electrons. The smallest absolute Gasteiger partial charge is 0.325 e. The topological polar surface area (TPSA) is 81.4 Å². The lowest BCUT2D eigenvalue weighted by Crippen LogP contribution is -2.44. The Kier molecular flexibility index (Phi) is 6.81. The van der Waals surface area contributed by atoms with E-state index in [1.54, 1.807) is 11.8 Å². The fraction of sp³-hybridized carbons (Fsp3) is 0.276. The average Bonchev–Trinajstić information content (AvgIpc) is 3.50. The highest BCUT2D eigenvalue weighted by Crippen LogP contribution is 2.38. The summed E-state index contributed by atoms with van der Waals surface area (Å²) >= 11 is 0. The molecule has 0 aliphatic carbocycles. The maximum atomic E-state index is 13.7. The van der Waals surface area contributed by atoms with Crippen LogP contribution in [0.15, 0.2) is 72.9 Å². The van der Waals surface area contributed by atoms with Gasteiger partial charge in [0.15, 0.2) is 0 Å². The van der Waals surface area contributed by atoms with Crippen LogP contribution < -0.4 is 5.32 Å². The lowest BCUT2D eigenvalue weighted by Gasteiger charge is -2.31. The first-order chi connectivity index (χ1) is 18.0. The summed E-state index contributed by atoms with van der Waals surface area (Å²) in [6.45, 7) is 6.26. The van der Waals surface area contributed by atoms with Crippen molar-refractivity contribution in [2.24, 2.45) is 0 Å². The number of hydrogen-bond donors (Lipinski definition) is 1. The zero-order valence-electron chi connectivity index (χ0n) is 21.3. The fourth-order valence-corrected chi connectivity index (χ4v) is 4.91. The minimum absolute atomic E-state index is 0.193. The Morgan fingerprint density at radius 1 is 1.03 bits per heavy atom. The fourth-order valence-electron chi connectivity index (χ4n) is 4.91. The molecule has 1 aliphatic heterocycles. The van der Waals surface area contributed by atoms with Crippen molar-refractivity contribution in [3.63, 3.8) is 0 Å². The van der Waals surface area contributed by atoms with Crippen molar-refractivity contribution >= 4 is 12.0 Å². The highest BCUT2D eigenvalue weighted by Gasteiger charge is 2.36. The van der Waals surface area contributed by atoms with E-state index in [4.69, 9.17) is 9.84 Å². The van der Waals surface area contributed by atoms with Crippen LogP contribution in [0.2, 0.25) is 0 Å². The van der Waals surface area contributed by atoms with E-state index in [1.165, 1.54) is 0 Å². The van der Waals surface area contributed by atoms with Gasteiger partial charge in [0.05, 0.1) is 36.3 Å². The Hall–Kier alpha value is -4.33. The molecule has 1 aliphatic rings. The summed E-state index contributed by atoms with van der Waals surface area (Å²) in [7, 11) is 0. The van der Waals surface area contributed by atoms with Crippen molar-refractivity contribution in [2.45, 2.75) is 39.8 Å². The Balaban J connectivity index is 1.67. The van der Waals surface area contributed by atoms with Crippen molar-refractivity contribution < 1.29 is 14.3 Å². The number of aromatic nitrogens is 3. The second kappa shape index (κ2) is 10.3. The molecule has 0 spiro atoms. The van der Waals surface area contributed by atoms with Crippen LogP contribution in [0, 0.1) is 6.92 Å². The van der Waals surface area contributed by atoms with Gasteiger partial charge in [0.2, 0.25) is 0 Å². The monoisotopic (exact) mass is 497 g/mol. The summed E-state index contributed by atoms with van der Waals surface area (Å²) in [5.41, 5.74) is 5.91. The summed E-state index contributed by atoms with van der Waals surface area (Å²) < 4.78 is 9.13. The molecule has 3 heterocycles. The molecule has 0 fully saturated rings. The third-order valence-electron chi connectivity index (χ3n) is 6.65. The van der Waals surface area contributed by atoms with Gasteiger partial charge in [-0.2, -0.15) is 5.10 Å². The van der Waals surface area contributed by atoms with Gasteiger partial charge in [-0.15, -0.1) is 0 Å². The maximum Gasteiger partial charge on any atom is 0.325 e. The van der Waals surface area contributed by atoms with Crippen molar-refractivity contribution in [3.8, 4) is 11.5 Å². The molecule has 0 saturated carbocycles. The number of carbonyl (C=O) groups is 2. The quantitative estimate of drug-likeness (QED) is 0.391. The lowest BCUT2D eigenvalue weighted by atomic mass is 10.0. The van der Waals surface area contributed by atoms with E-state index >= 15 is 0 Å². The number of nitrogens with zero attached hydrogens (tertiary/aromatic N) is 4. The number of ether oxygens (including phenoxy) is 1. The minimum atomic E-state index is -0.465. The van der Waals surface area contributed by atoms with E-state index < -0.39 is 5.97 Å². The number of para-hydroxylation sites is 1. The van der Waals surface area contributed by atoms with Crippen molar-refractivity contribution in [1.82, 2.24) is 24.6 Å². The number of nitrogens with one attached hydrogen (secondary N) is 1. The molecule has 0 bridgehead atoms. The lowest BCUT2D eigenvalue weighted by molar-refractivity contribution is -0.141. The molecule has 0 radical (unpaired) electrons. The second-order valence-corrected chi connectivity index (χ2v) is 9.06. The summed E-state index contributed by atoms with van der Waals surface area (Å²) in [5.74, 6) is 0.452. The minimum Gasteiger partial charge on any atom is -0.465 e. The number of urea groups is 1. The van der Waals surface area contributed by atoms with Gasteiger partial charge >= 0.3 is 12.0 Å². The molecular weight excluding hydrogens is 466 g/mol. The van der Waals surface area contributed by atoms with E-state index in [0.29, 0.717) is 13.0 Å². The summed E-state index contributed by atoms with van der Waals surface area (Å²) in [6.07, 6.45) is 2.74. The van der Waals surface area contributed by atoms with Crippen molar-refractivity contribution in [3.05, 3.63) is 101 Å². The SMILES string of the molecule is CCOC(=O)CNC(=O)N1Cc2c(CC)nn(-c3ccccc3)c2-n2cccc2[C@H]1c1ccc(C)cc1. The van der Waals surface area contributed by atoms with Gasteiger partial charge in [-0.3, -0.25) is 4.79 Å². The van der Waals surface area contributed by atoms with E-state index in [9.17, 15) is 9.59 Å². The number of hydrogen-bond acceptors (Lipinski definition) is 4. The van der Waals surface area contributed by atoms with E-state index in [-0.39, 0.29) is 25.2 Å². The van der Waals surface area contributed by atoms with Gasteiger partial charge < -0.3 is 19.5 Å². The van der Waals surface area contributed by atoms with E-state index in [1.807, 2.05) is 60.3 Å². The molecule has 0 saturated heterocycles. The molecule has 1 atom stereocenters. The number of amides is 2. The highest BCUT2D eigenvalue weighted by molar-refractivity contribution is 5.81. The average molecular weight is 498 g/mol. The molecule has 4 aromatic rings. The van der Waals surface area contributed by atoms with Gasteiger partial charge in [0.1, 0.15) is 12.4 Å². The number of aryl methyl sites for hydroxylation is 2. The van der Waals surface area contributed by atoms with Gasteiger partial charge in [0.25, 0.3) is 0 Å². The van der Waals surface area contributed by atoms with Crippen molar-refractivity contribution in [1.29, 1.82) is 0 Å². The van der Waals surface area contributed by atoms with Crippen LogP contribution >= 0.6 is 0 Å². The first-order valence-corrected chi connectivity index (χ1v) is 12.6. The van der Waals surface area contributed by atoms with Crippen LogP contribution in [0.5, 0.6) is 0 Å². The number of carbonyl (C=O) groups excluding carboxylic acids is 2. The number of benzene rings is 2. The molecular formula is C29H31N5O3. The molecule has 5 rings (SSSR count). The Morgan fingerprint density at radius 2 is 1.78 bits per heavy atom. The molecule has 0 unspecified atom stereocenters.